The van der Waals surface area contributed by atoms with Crippen LogP contribution in [0.5, 0.6) is 0 Å². The van der Waals surface area contributed by atoms with Gasteiger partial charge in [-0.1, -0.05) is 30.3 Å². The first kappa shape index (κ1) is 17.8. The summed E-state index contributed by atoms with van der Waals surface area (Å²) in [4.78, 5) is 16.5. The first-order valence-corrected chi connectivity index (χ1v) is 8.44. The molecule has 2 rings (SSSR count). The van der Waals surface area contributed by atoms with Crippen molar-refractivity contribution in [1.82, 2.24) is 9.80 Å². The van der Waals surface area contributed by atoms with E-state index in [4.69, 9.17) is 9.84 Å². The average Bonchev–Trinajstić information content (AvgIpc) is 2.98. The first-order chi connectivity index (χ1) is 11.1. The Balaban J connectivity index is 1.90. The number of nitrogens with zero attached hydrogens (tertiary/aromatic N) is 2. The largest absolute Gasteiger partial charge is 0.445 e. The molecule has 0 aliphatic carbocycles. The van der Waals surface area contributed by atoms with Gasteiger partial charge in [0.05, 0.1) is 6.61 Å². The lowest BCUT2D eigenvalue weighted by Crippen LogP contribution is -2.46. The minimum absolute atomic E-state index is 0.0925. The highest BCUT2D eigenvalue weighted by atomic mass is 16.6. The number of hydrogen-bond acceptors (Lipinski definition) is 4. The van der Waals surface area contributed by atoms with Crippen molar-refractivity contribution < 1.29 is 14.6 Å². The second-order valence-corrected chi connectivity index (χ2v) is 6.34. The summed E-state index contributed by atoms with van der Waals surface area (Å²) in [5.41, 5.74) is 0.993. The summed E-state index contributed by atoms with van der Waals surface area (Å²) < 4.78 is 5.48. The van der Waals surface area contributed by atoms with Crippen molar-refractivity contribution in [2.24, 2.45) is 0 Å². The molecule has 1 saturated heterocycles. The number of carbonyl (C=O) groups is 1. The number of aliphatic hydroxyl groups is 1. The minimum atomic E-state index is -0.264. The van der Waals surface area contributed by atoms with Gasteiger partial charge in [-0.15, -0.1) is 0 Å². The van der Waals surface area contributed by atoms with E-state index in [1.807, 2.05) is 44.2 Å². The second-order valence-electron chi connectivity index (χ2n) is 6.34. The lowest BCUT2D eigenvalue weighted by atomic mass is 10.2. The van der Waals surface area contributed by atoms with E-state index in [0.29, 0.717) is 25.7 Å². The highest BCUT2D eigenvalue weighted by molar-refractivity contribution is 5.68. The van der Waals surface area contributed by atoms with Crippen molar-refractivity contribution in [2.45, 2.75) is 45.4 Å². The number of hydrogen-bond donors (Lipinski definition) is 1. The average molecular weight is 320 g/mol. The van der Waals surface area contributed by atoms with Crippen LogP contribution in [0.4, 0.5) is 4.79 Å². The standard InChI is InChI=1S/C18H28N2O3/c1-15(2)20(13-17-9-6-10-19(17)11-12-21)18(22)23-14-16-7-4-3-5-8-16/h3-5,7-8,15,17,21H,6,9-14H2,1-2H3/t17-/m0/s1. The number of carbonyl (C=O) groups excluding carboxylic acids is 1. The van der Waals surface area contributed by atoms with E-state index >= 15 is 0 Å². The minimum Gasteiger partial charge on any atom is -0.445 e. The second kappa shape index (κ2) is 8.89. The number of likely N-dealkylation sites (tertiary alicyclic amines) is 1. The maximum Gasteiger partial charge on any atom is 0.410 e. The number of benzene rings is 1. The summed E-state index contributed by atoms with van der Waals surface area (Å²) in [7, 11) is 0. The highest BCUT2D eigenvalue weighted by Crippen LogP contribution is 2.19. The maximum absolute atomic E-state index is 12.4. The summed E-state index contributed by atoms with van der Waals surface area (Å²) in [6, 6.07) is 10.1. The van der Waals surface area contributed by atoms with E-state index in [0.717, 1.165) is 24.9 Å². The Morgan fingerprint density at radius 2 is 2.13 bits per heavy atom. The normalized spacial score (nSPS) is 18.3. The third kappa shape index (κ3) is 5.22. The van der Waals surface area contributed by atoms with Crippen LogP contribution in [0, 0.1) is 0 Å². The van der Waals surface area contributed by atoms with Crippen LogP contribution in [0.25, 0.3) is 0 Å². The zero-order valence-corrected chi connectivity index (χ0v) is 14.1. The van der Waals surface area contributed by atoms with Crippen LogP contribution in [-0.4, -0.2) is 59.3 Å². The molecule has 1 aromatic carbocycles. The Morgan fingerprint density at radius 3 is 2.78 bits per heavy atom. The van der Waals surface area contributed by atoms with Crippen LogP contribution in [0.1, 0.15) is 32.3 Å². The number of aliphatic hydroxyl groups excluding tert-OH is 1. The molecular weight excluding hydrogens is 292 g/mol. The van der Waals surface area contributed by atoms with Gasteiger partial charge in [0.2, 0.25) is 0 Å². The maximum atomic E-state index is 12.4. The summed E-state index contributed by atoms with van der Waals surface area (Å²) in [6.07, 6.45) is 1.92. The van der Waals surface area contributed by atoms with Crippen molar-refractivity contribution in [3.8, 4) is 0 Å². The molecule has 1 N–H and O–H groups in total. The lowest BCUT2D eigenvalue weighted by molar-refractivity contribution is 0.0713. The highest BCUT2D eigenvalue weighted by Gasteiger charge is 2.29. The van der Waals surface area contributed by atoms with Gasteiger partial charge in [-0.3, -0.25) is 4.90 Å². The predicted molar refractivity (Wildman–Crippen MR) is 90.1 cm³/mol. The Bertz CT molecular complexity index is 478. The van der Waals surface area contributed by atoms with Gasteiger partial charge >= 0.3 is 6.09 Å². The molecule has 1 aliphatic rings. The van der Waals surface area contributed by atoms with Gasteiger partial charge in [0.1, 0.15) is 6.61 Å². The van der Waals surface area contributed by atoms with Crippen LogP contribution in [0.2, 0.25) is 0 Å². The lowest BCUT2D eigenvalue weighted by Gasteiger charge is -2.32. The van der Waals surface area contributed by atoms with Gasteiger partial charge in [-0.2, -0.15) is 0 Å². The van der Waals surface area contributed by atoms with Gasteiger partial charge in [0, 0.05) is 25.2 Å². The molecule has 5 heteroatoms. The van der Waals surface area contributed by atoms with E-state index in [1.165, 1.54) is 0 Å². The van der Waals surface area contributed by atoms with Crippen LogP contribution in [0.3, 0.4) is 0 Å². The molecule has 0 unspecified atom stereocenters. The zero-order chi connectivity index (χ0) is 16.7. The smallest absolute Gasteiger partial charge is 0.410 e. The predicted octanol–water partition coefficient (Wildman–Crippen LogP) is 2.49. The molecule has 0 saturated carbocycles. The molecule has 1 amide bonds. The molecule has 128 valence electrons. The molecule has 0 bridgehead atoms. The van der Waals surface area contributed by atoms with Gasteiger partial charge in [-0.25, -0.2) is 4.79 Å². The number of rotatable bonds is 7. The fourth-order valence-electron chi connectivity index (χ4n) is 3.05. The molecule has 1 fully saturated rings. The molecule has 0 radical (unpaired) electrons. The molecule has 23 heavy (non-hydrogen) atoms. The molecule has 1 heterocycles. The van der Waals surface area contributed by atoms with E-state index in [2.05, 4.69) is 4.90 Å². The Kier molecular flexibility index (Phi) is 6.86. The summed E-state index contributed by atoms with van der Waals surface area (Å²) in [5, 5.41) is 9.16. The van der Waals surface area contributed by atoms with Crippen LogP contribution in [-0.2, 0) is 11.3 Å². The van der Waals surface area contributed by atoms with E-state index < -0.39 is 0 Å². The van der Waals surface area contributed by atoms with Crippen molar-refractivity contribution in [1.29, 1.82) is 0 Å². The molecule has 1 aliphatic heterocycles. The van der Waals surface area contributed by atoms with Crippen molar-refractivity contribution in [3.05, 3.63) is 35.9 Å². The fraction of sp³-hybridized carbons (Fsp3) is 0.611. The topological polar surface area (TPSA) is 53.0 Å². The number of ether oxygens (including phenoxy) is 1. The van der Waals surface area contributed by atoms with Gasteiger partial charge in [0.15, 0.2) is 0 Å². The Labute approximate surface area is 138 Å². The van der Waals surface area contributed by atoms with E-state index in [-0.39, 0.29) is 18.7 Å². The van der Waals surface area contributed by atoms with Crippen LogP contribution in [0.15, 0.2) is 30.3 Å². The molecule has 0 spiro atoms. The van der Waals surface area contributed by atoms with Crippen molar-refractivity contribution >= 4 is 6.09 Å². The summed E-state index contributed by atoms with van der Waals surface area (Å²) in [5.74, 6) is 0. The number of amides is 1. The van der Waals surface area contributed by atoms with E-state index in [1.54, 1.807) is 4.90 Å². The number of β-amino-alcohol motifs (C(OH)–C–C–N with tert-alkyl or cyclic N) is 1. The van der Waals surface area contributed by atoms with Crippen LogP contribution >= 0.6 is 0 Å². The van der Waals surface area contributed by atoms with Crippen molar-refractivity contribution in [2.75, 3.05) is 26.2 Å². The van der Waals surface area contributed by atoms with Gasteiger partial charge in [0.25, 0.3) is 0 Å². The third-order valence-electron chi connectivity index (χ3n) is 4.36. The van der Waals surface area contributed by atoms with Crippen LogP contribution < -0.4 is 0 Å². The quantitative estimate of drug-likeness (QED) is 0.838. The molecule has 1 atom stereocenters. The Hall–Kier alpha value is -1.59. The molecular formula is C18H28N2O3. The van der Waals surface area contributed by atoms with Gasteiger partial charge in [-0.05, 0) is 38.8 Å². The monoisotopic (exact) mass is 320 g/mol. The molecule has 0 aromatic heterocycles. The molecule has 1 aromatic rings. The first-order valence-electron chi connectivity index (χ1n) is 8.44. The fourth-order valence-corrected chi connectivity index (χ4v) is 3.05. The SMILES string of the molecule is CC(C)N(C[C@@H]1CCCN1CCO)C(=O)OCc1ccccc1. The summed E-state index contributed by atoms with van der Waals surface area (Å²) in [6.45, 7) is 6.81. The van der Waals surface area contributed by atoms with Crippen molar-refractivity contribution in [3.63, 3.8) is 0 Å². The van der Waals surface area contributed by atoms with Gasteiger partial charge < -0.3 is 14.7 Å². The Morgan fingerprint density at radius 1 is 1.39 bits per heavy atom. The summed E-state index contributed by atoms with van der Waals surface area (Å²) >= 11 is 0. The zero-order valence-electron chi connectivity index (χ0n) is 14.1. The molecule has 5 nitrogen and oxygen atoms in total. The van der Waals surface area contributed by atoms with E-state index in [9.17, 15) is 4.79 Å². The third-order valence-corrected chi connectivity index (χ3v) is 4.36.